The Labute approximate surface area is 158 Å². The molecule has 0 bridgehead atoms. The van der Waals surface area contributed by atoms with Gasteiger partial charge in [0.25, 0.3) is 0 Å². The molecule has 27 heavy (non-hydrogen) atoms. The van der Waals surface area contributed by atoms with Gasteiger partial charge >= 0.3 is 0 Å². The highest BCUT2D eigenvalue weighted by atomic mass is 32.2. The molecular weight excluding hydrogens is 368 g/mol. The lowest BCUT2D eigenvalue weighted by Crippen LogP contribution is -2.31. The van der Waals surface area contributed by atoms with E-state index >= 15 is 0 Å². The van der Waals surface area contributed by atoms with Crippen molar-refractivity contribution in [2.24, 2.45) is 0 Å². The van der Waals surface area contributed by atoms with E-state index < -0.39 is 10.0 Å². The molecule has 0 spiro atoms. The van der Waals surface area contributed by atoms with E-state index in [1.807, 2.05) is 19.0 Å². The Hall–Kier alpha value is -2.52. The van der Waals surface area contributed by atoms with Crippen LogP contribution in [0.3, 0.4) is 0 Å². The summed E-state index contributed by atoms with van der Waals surface area (Å²) >= 11 is 0. The Bertz CT molecular complexity index is 946. The number of ketones is 1. The van der Waals surface area contributed by atoms with Gasteiger partial charge in [0, 0.05) is 26.2 Å². The van der Waals surface area contributed by atoms with Gasteiger partial charge in [-0.1, -0.05) is 12.1 Å². The summed E-state index contributed by atoms with van der Waals surface area (Å²) in [4.78, 5) is 21.9. The van der Waals surface area contributed by atoms with E-state index in [1.54, 1.807) is 18.3 Å². The van der Waals surface area contributed by atoms with Gasteiger partial charge in [0.1, 0.15) is 6.10 Å². The van der Waals surface area contributed by atoms with Gasteiger partial charge in [-0.3, -0.25) is 9.78 Å². The zero-order valence-electron chi connectivity index (χ0n) is 15.5. The number of aromatic nitrogens is 2. The molecule has 2 heterocycles. The van der Waals surface area contributed by atoms with Crippen molar-refractivity contribution in [1.29, 1.82) is 0 Å². The molecule has 1 fully saturated rings. The minimum atomic E-state index is -3.68. The first kappa shape index (κ1) is 19.2. The van der Waals surface area contributed by atoms with Crippen LogP contribution in [-0.2, 0) is 10.0 Å². The first-order chi connectivity index (χ1) is 12.8. The maximum Gasteiger partial charge on any atom is 0.243 e. The summed E-state index contributed by atoms with van der Waals surface area (Å²) < 4.78 is 33.0. The fourth-order valence-corrected chi connectivity index (χ4v) is 4.35. The molecule has 0 aliphatic carbocycles. The van der Waals surface area contributed by atoms with Crippen molar-refractivity contribution in [3.8, 4) is 5.88 Å². The SMILES string of the molecule is CC(=O)c1cccc(S(=O)(=O)N2CCC(Oc3cncc(N(C)C)n3)C2)c1. The number of carbonyl (C=O) groups excluding carboxylic acids is 1. The second kappa shape index (κ2) is 7.61. The molecular formula is C18H22N4O4S. The number of anilines is 1. The zero-order valence-corrected chi connectivity index (χ0v) is 16.3. The molecule has 1 aliphatic heterocycles. The lowest BCUT2D eigenvalue weighted by atomic mass is 10.2. The fourth-order valence-electron chi connectivity index (χ4n) is 2.82. The quantitative estimate of drug-likeness (QED) is 0.692. The molecule has 1 saturated heterocycles. The topological polar surface area (TPSA) is 92.7 Å². The van der Waals surface area contributed by atoms with E-state index in [9.17, 15) is 13.2 Å². The van der Waals surface area contributed by atoms with E-state index in [0.29, 0.717) is 30.2 Å². The van der Waals surface area contributed by atoms with Gasteiger partial charge in [-0.25, -0.2) is 8.42 Å². The summed E-state index contributed by atoms with van der Waals surface area (Å²) in [5.41, 5.74) is 0.374. The molecule has 9 heteroatoms. The van der Waals surface area contributed by atoms with Crippen LogP contribution in [0.25, 0.3) is 0 Å². The van der Waals surface area contributed by atoms with Crippen molar-refractivity contribution in [3.05, 3.63) is 42.2 Å². The van der Waals surface area contributed by atoms with Gasteiger partial charge in [0.15, 0.2) is 11.6 Å². The van der Waals surface area contributed by atoms with E-state index in [0.717, 1.165) is 0 Å². The summed E-state index contributed by atoms with van der Waals surface area (Å²) in [7, 11) is 0.0233. The fraction of sp³-hybridized carbons (Fsp3) is 0.389. The van der Waals surface area contributed by atoms with E-state index in [4.69, 9.17) is 4.74 Å². The van der Waals surface area contributed by atoms with Crippen LogP contribution < -0.4 is 9.64 Å². The number of ether oxygens (including phenoxy) is 1. The van der Waals surface area contributed by atoms with Crippen molar-refractivity contribution < 1.29 is 17.9 Å². The Balaban J connectivity index is 1.72. The average molecular weight is 390 g/mol. The van der Waals surface area contributed by atoms with Crippen LogP contribution in [0.4, 0.5) is 5.82 Å². The Morgan fingerprint density at radius 1 is 1.30 bits per heavy atom. The van der Waals surface area contributed by atoms with E-state index in [-0.39, 0.29) is 23.3 Å². The van der Waals surface area contributed by atoms with Crippen LogP contribution in [0.5, 0.6) is 5.88 Å². The predicted octanol–water partition coefficient (Wildman–Crippen LogP) is 1.59. The molecule has 8 nitrogen and oxygen atoms in total. The normalized spacial score (nSPS) is 17.7. The third-order valence-corrected chi connectivity index (χ3v) is 6.19. The Morgan fingerprint density at radius 3 is 2.78 bits per heavy atom. The molecule has 1 aromatic heterocycles. The number of hydrogen-bond acceptors (Lipinski definition) is 7. The summed E-state index contributed by atoms with van der Waals surface area (Å²) in [6.45, 7) is 1.98. The minimum Gasteiger partial charge on any atom is -0.472 e. The monoisotopic (exact) mass is 390 g/mol. The van der Waals surface area contributed by atoms with Gasteiger partial charge in [-0.2, -0.15) is 9.29 Å². The van der Waals surface area contributed by atoms with Crippen molar-refractivity contribution in [2.45, 2.75) is 24.3 Å². The third-order valence-electron chi connectivity index (χ3n) is 4.33. The van der Waals surface area contributed by atoms with Crippen molar-refractivity contribution in [3.63, 3.8) is 0 Å². The number of hydrogen-bond donors (Lipinski definition) is 0. The van der Waals surface area contributed by atoms with Gasteiger partial charge in [-0.05, 0) is 25.5 Å². The molecule has 0 saturated carbocycles. The molecule has 1 atom stereocenters. The molecule has 1 aromatic carbocycles. The maximum atomic E-state index is 12.9. The Morgan fingerprint density at radius 2 is 2.07 bits per heavy atom. The van der Waals surface area contributed by atoms with Gasteiger partial charge in [0.2, 0.25) is 15.9 Å². The van der Waals surface area contributed by atoms with Crippen LogP contribution in [-0.4, -0.2) is 61.8 Å². The molecule has 2 aromatic rings. The summed E-state index contributed by atoms with van der Waals surface area (Å²) in [6.07, 6.45) is 3.39. The third kappa shape index (κ3) is 4.25. The molecule has 3 rings (SSSR count). The number of sulfonamides is 1. The summed E-state index contributed by atoms with van der Waals surface area (Å²) in [5, 5.41) is 0. The highest BCUT2D eigenvalue weighted by molar-refractivity contribution is 7.89. The van der Waals surface area contributed by atoms with Crippen LogP contribution in [0.15, 0.2) is 41.6 Å². The number of carbonyl (C=O) groups is 1. The van der Waals surface area contributed by atoms with Crippen LogP contribution in [0.1, 0.15) is 23.7 Å². The van der Waals surface area contributed by atoms with E-state index in [1.165, 1.54) is 29.6 Å². The number of rotatable bonds is 6. The molecule has 0 N–H and O–H groups in total. The summed E-state index contributed by atoms with van der Waals surface area (Å²) in [6, 6.07) is 6.10. The number of Topliss-reactive ketones (excluding diaryl/α,β-unsaturated/α-hetero) is 1. The molecule has 1 unspecified atom stereocenters. The molecule has 0 radical (unpaired) electrons. The summed E-state index contributed by atoms with van der Waals surface area (Å²) in [5.74, 6) is 0.856. The minimum absolute atomic E-state index is 0.116. The van der Waals surface area contributed by atoms with Crippen molar-refractivity contribution in [2.75, 3.05) is 32.1 Å². The lowest BCUT2D eigenvalue weighted by Gasteiger charge is -2.18. The maximum absolute atomic E-state index is 12.9. The van der Waals surface area contributed by atoms with Crippen LogP contribution >= 0.6 is 0 Å². The largest absolute Gasteiger partial charge is 0.472 e. The number of nitrogens with zero attached hydrogens (tertiary/aromatic N) is 4. The first-order valence-corrected chi connectivity index (χ1v) is 9.98. The standard InChI is InChI=1S/C18H22N4O4S/c1-13(23)14-5-4-6-16(9-14)27(24,25)22-8-7-15(12-22)26-18-11-19-10-17(20-18)21(2)3/h4-6,9-11,15H,7-8,12H2,1-3H3. The highest BCUT2D eigenvalue weighted by Crippen LogP contribution is 2.24. The molecule has 144 valence electrons. The highest BCUT2D eigenvalue weighted by Gasteiger charge is 2.34. The second-order valence-electron chi connectivity index (χ2n) is 6.59. The van der Waals surface area contributed by atoms with Gasteiger partial charge in [0.05, 0.1) is 23.8 Å². The van der Waals surface area contributed by atoms with Crippen molar-refractivity contribution in [1.82, 2.24) is 14.3 Å². The zero-order chi connectivity index (χ0) is 19.6. The average Bonchev–Trinajstić information content (AvgIpc) is 3.11. The van der Waals surface area contributed by atoms with Gasteiger partial charge in [-0.15, -0.1) is 0 Å². The van der Waals surface area contributed by atoms with Crippen LogP contribution in [0.2, 0.25) is 0 Å². The van der Waals surface area contributed by atoms with Crippen molar-refractivity contribution >= 4 is 21.6 Å². The molecule has 0 amide bonds. The smallest absolute Gasteiger partial charge is 0.243 e. The van der Waals surface area contributed by atoms with Gasteiger partial charge < -0.3 is 9.64 Å². The van der Waals surface area contributed by atoms with E-state index in [2.05, 4.69) is 9.97 Å². The lowest BCUT2D eigenvalue weighted by molar-refractivity contribution is 0.101. The first-order valence-electron chi connectivity index (χ1n) is 8.54. The van der Waals surface area contributed by atoms with Crippen LogP contribution in [0, 0.1) is 0 Å². The second-order valence-corrected chi connectivity index (χ2v) is 8.52. The Kier molecular flexibility index (Phi) is 5.43. The predicted molar refractivity (Wildman–Crippen MR) is 101 cm³/mol. The number of benzene rings is 1. The molecule has 1 aliphatic rings.